The number of pyridine rings is 1. The Morgan fingerprint density at radius 2 is 2.39 bits per heavy atom. The summed E-state index contributed by atoms with van der Waals surface area (Å²) in [6, 6.07) is 1.42. The van der Waals surface area contributed by atoms with Crippen molar-refractivity contribution < 1.29 is 4.92 Å². The molecule has 0 unspecified atom stereocenters. The van der Waals surface area contributed by atoms with Crippen LogP contribution in [-0.4, -0.2) is 26.0 Å². The van der Waals surface area contributed by atoms with Crippen molar-refractivity contribution in [2.45, 2.75) is 6.54 Å². The minimum Gasteiger partial charge on any atom is -0.367 e. The lowest BCUT2D eigenvalue weighted by Crippen LogP contribution is -2.10. The van der Waals surface area contributed by atoms with Crippen LogP contribution in [0.2, 0.25) is 0 Å². The maximum atomic E-state index is 10.5. The fraction of sp³-hybridized carbons (Fsp3) is 0.200. The molecule has 0 saturated carbocycles. The third kappa shape index (κ3) is 3.04. The number of aromatic nitrogens is 3. The zero-order chi connectivity index (χ0) is 13.0. The van der Waals surface area contributed by atoms with Gasteiger partial charge in [0, 0.05) is 31.5 Å². The van der Waals surface area contributed by atoms with Gasteiger partial charge in [0.1, 0.15) is 12.0 Å². The number of nitrogens with one attached hydrogen (secondary N) is 1. The Kier molecular flexibility index (Phi) is 3.88. The van der Waals surface area contributed by atoms with E-state index in [4.69, 9.17) is 0 Å². The average molecular weight is 312 g/mol. The summed E-state index contributed by atoms with van der Waals surface area (Å²) in [4.78, 5) is 18.0. The van der Waals surface area contributed by atoms with Gasteiger partial charge in [0.25, 0.3) is 5.69 Å². The lowest BCUT2D eigenvalue weighted by atomic mass is 10.4. The molecular formula is C10H10BrN5O2. The van der Waals surface area contributed by atoms with Gasteiger partial charge in [-0.1, -0.05) is 0 Å². The van der Waals surface area contributed by atoms with E-state index in [9.17, 15) is 10.1 Å². The first kappa shape index (κ1) is 12.5. The molecule has 18 heavy (non-hydrogen) atoms. The van der Waals surface area contributed by atoms with Gasteiger partial charge in [0.05, 0.1) is 15.7 Å². The molecule has 0 aliphatic rings. The van der Waals surface area contributed by atoms with E-state index in [-0.39, 0.29) is 5.69 Å². The fourth-order valence-electron chi connectivity index (χ4n) is 1.38. The summed E-state index contributed by atoms with van der Waals surface area (Å²) in [5.41, 5.74) is -0.0398. The summed E-state index contributed by atoms with van der Waals surface area (Å²) in [5.74, 6) is 0.584. The van der Waals surface area contributed by atoms with Crippen LogP contribution in [0, 0.1) is 10.1 Å². The Bertz CT molecular complexity index is 543. The van der Waals surface area contributed by atoms with Crippen molar-refractivity contribution in [3.05, 3.63) is 45.6 Å². The molecule has 2 heterocycles. The van der Waals surface area contributed by atoms with Crippen molar-refractivity contribution in [1.82, 2.24) is 14.5 Å². The van der Waals surface area contributed by atoms with Crippen LogP contribution in [-0.2, 0) is 6.54 Å². The van der Waals surface area contributed by atoms with Gasteiger partial charge >= 0.3 is 0 Å². The SMILES string of the molecule is O=[N+]([O-])c1cnc(NCCn2ccnc2)c(Br)c1. The standard InChI is InChI=1S/C10H10BrN5O2/c11-9-5-8(16(17)18)6-14-10(9)13-2-4-15-3-1-12-7-15/h1,3,5-7H,2,4H2,(H,13,14). The summed E-state index contributed by atoms with van der Waals surface area (Å²) in [6.07, 6.45) is 6.52. The maximum absolute atomic E-state index is 10.5. The highest BCUT2D eigenvalue weighted by atomic mass is 79.9. The van der Waals surface area contributed by atoms with Crippen LogP contribution in [0.25, 0.3) is 0 Å². The van der Waals surface area contributed by atoms with E-state index >= 15 is 0 Å². The predicted octanol–water partition coefficient (Wildman–Crippen LogP) is 2.06. The second-order valence-electron chi connectivity index (χ2n) is 3.51. The highest BCUT2D eigenvalue weighted by Crippen LogP contribution is 2.24. The molecule has 0 aliphatic heterocycles. The molecule has 2 aromatic heterocycles. The molecule has 2 rings (SSSR count). The van der Waals surface area contributed by atoms with E-state index in [0.717, 1.165) is 6.54 Å². The van der Waals surface area contributed by atoms with Gasteiger partial charge in [-0.3, -0.25) is 10.1 Å². The number of imidazole rings is 1. The summed E-state index contributed by atoms with van der Waals surface area (Å²) >= 11 is 3.25. The van der Waals surface area contributed by atoms with E-state index in [1.807, 2.05) is 10.8 Å². The minimum absolute atomic E-state index is 0.0398. The molecule has 0 aromatic carbocycles. The van der Waals surface area contributed by atoms with Crippen LogP contribution < -0.4 is 5.32 Å². The smallest absolute Gasteiger partial charge is 0.288 e. The van der Waals surface area contributed by atoms with Crippen molar-refractivity contribution in [3.8, 4) is 0 Å². The highest BCUT2D eigenvalue weighted by Gasteiger charge is 2.09. The average Bonchev–Trinajstić information content (AvgIpc) is 2.84. The molecule has 0 aliphatic carbocycles. The molecule has 0 spiro atoms. The van der Waals surface area contributed by atoms with Gasteiger partial charge < -0.3 is 9.88 Å². The molecule has 0 amide bonds. The fourth-order valence-corrected chi connectivity index (χ4v) is 1.86. The van der Waals surface area contributed by atoms with E-state index in [2.05, 4.69) is 31.2 Å². The monoisotopic (exact) mass is 311 g/mol. The Hall–Kier alpha value is -1.96. The Morgan fingerprint density at radius 3 is 3.00 bits per heavy atom. The number of halogens is 1. The molecule has 0 saturated heterocycles. The summed E-state index contributed by atoms with van der Waals surface area (Å²) in [5, 5.41) is 13.6. The van der Waals surface area contributed by atoms with Crippen LogP contribution in [0.15, 0.2) is 35.5 Å². The Balaban J connectivity index is 1.95. The van der Waals surface area contributed by atoms with Gasteiger partial charge in [-0.05, 0) is 15.9 Å². The predicted molar refractivity (Wildman–Crippen MR) is 69.3 cm³/mol. The van der Waals surface area contributed by atoms with Crippen molar-refractivity contribution in [1.29, 1.82) is 0 Å². The van der Waals surface area contributed by atoms with Crippen LogP contribution in [0.4, 0.5) is 11.5 Å². The summed E-state index contributed by atoms with van der Waals surface area (Å²) in [6.45, 7) is 1.39. The highest BCUT2D eigenvalue weighted by molar-refractivity contribution is 9.10. The van der Waals surface area contributed by atoms with E-state index < -0.39 is 4.92 Å². The third-order valence-corrected chi connectivity index (χ3v) is 2.86. The van der Waals surface area contributed by atoms with Crippen molar-refractivity contribution >= 4 is 27.4 Å². The summed E-state index contributed by atoms with van der Waals surface area (Å²) in [7, 11) is 0. The number of hydrogen-bond acceptors (Lipinski definition) is 5. The molecule has 8 heteroatoms. The number of anilines is 1. The van der Waals surface area contributed by atoms with Crippen LogP contribution in [0.5, 0.6) is 0 Å². The van der Waals surface area contributed by atoms with Gasteiger partial charge in [0.15, 0.2) is 0 Å². The van der Waals surface area contributed by atoms with Crippen LogP contribution >= 0.6 is 15.9 Å². The van der Waals surface area contributed by atoms with Gasteiger partial charge in [-0.2, -0.15) is 0 Å². The molecule has 1 N–H and O–H groups in total. The third-order valence-electron chi connectivity index (χ3n) is 2.26. The second-order valence-corrected chi connectivity index (χ2v) is 4.36. The number of rotatable bonds is 5. The molecule has 94 valence electrons. The Labute approximate surface area is 111 Å². The molecule has 0 bridgehead atoms. The van der Waals surface area contributed by atoms with E-state index in [1.54, 1.807) is 12.5 Å². The van der Waals surface area contributed by atoms with Crippen molar-refractivity contribution in [3.63, 3.8) is 0 Å². The number of nitro groups is 1. The van der Waals surface area contributed by atoms with Crippen molar-refractivity contribution in [2.24, 2.45) is 0 Å². The van der Waals surface area contributed by atoms with E-state index in [0.29, 0.717) is 16.8 Å². The molecule has 0 radical (unpaired) electrons. The van der Waals surface area contributed by atoms with E-state index in [1.165, 1.54) is 12.3 Å². The Morgan fingerprint density at radius 1 is 1.56 bits per heavy atom. The zero-order valence-corrected chi connectivity index (χ0v) is 10.9. The number of nitrogens with zero attached hydrogens (tertiary/aromatic N) is 4. The maximum Gasteiger partial charge on any atom is 0.288 e. The van der Waals surface area contributed by atoms with Crippen molar-refractivity contribution in [2.75, 3.05) is 11.9 Å². The zero-order valence-electron chi connectivity index (χ0n) is 9.28. The molecule has 0 atom stereocenters. The number of hydrogen-bond donors (Lipinski definition) is 1. The normalized spacial score (nSPS) is 10.3. The summed E-state index contributed by atoms with van der Waals surface area (Å²) < 4.78 is 2.49. The van der Waals surface area contributed by atoms with Gasteiger partial charge in [-0.25, -0.2) is 9.97 Å². The lowest BCUT2D eigenvalue weighted by molar-refractivity contribution is -0.385. The molecule has 7 nitrogen and oxygen atoms in total. The van der Waals surface area contributed by atoms with Gasteiger partial charge in [0.2, 0.25) is 0 Å². The molecular weight excluding hydrogens is 302 g/mol. The first-order valence-electron chi connectivity index (χ1n) is 5.16. The van der Waals surface area contributed by atoms with Gasteiger partial charge in [-0.15, -0.1) is 0 Å². The first-order chi connectivity index (χ1) is 8.66. The van der Waals surface area contributed by atoms with Crippen LogP contribution in [0.1, 0.15) is 0 Å². The molecule has 0 fully saturated rings. The topological polar surface area (TPSA) is 85.9 Å². The largest absolute Gasteiger partial charge is 0.367 e. The second kappa shape index (κ2) is 5.58. The lowest BCUT2D eigenvalue weighted by Gasteiger charge is -2.07. The quantitative estimate of drug-likeness (QED) is 0.674. The minimum atomic E-state index is -0.479. The first-order valence-corrected chi connectivity index (χ1v) is 5.95. The molecule has 2 aromatic rings. The van der Waals surface area contributed by atoms with Crippen LogP contribution in [0.3, 0.4) is 0 Å².